The number of Topliss-reactive ketones (excluding diaryl/α,β-unsaturated/α-hetero) is 1. The fourth-order valence-corrected chi connectivity index (χ4v) is 4.28. The molecule has 1 unspecified atom stereocenters. The van der Waals surface area contributed by atoms with Crippen LogP contribution in [0.1, 0.15) is 33.9 Å². The van der Waals surface area contributed by atoms with Crippen molar-refractivity contribution < 1.29 is 19.4 Å². The smallest absolute Gasteiger partial charge is 0.300 e. The number of hydrogen-bond acceptors (Lipinski definition) is 4. The third-order valence-corrected chi connectivity index (χ3v) is 5.97. The average Bonchev–Trinajstić information content (AvgIpc) is 3.04. The molecular formula is C27H25NO4. The van der Waals surface area contributed by atoms with Gasteiger partial charge in [0.1, 0.15) is 11.5 Å². The van der Waals surface area contributed by atoms with Gasteiger partial charge in [0.2, 0.25) is 0 Å². The Morgan fingerprint density at radius 3 is 2.16 bits per heavy atom. The first-order valence-electron chi connectivity index (χ1n) is 10.4. The van der Waals surface area contributed by atoms with E-state index in [2.05, 4.69) is 0 Å². The summed E-state index contributed by atoms with van der Waals surface area (Å²) in [7, 11) is 1.58. The number of aliphatic hydroxyl groups excluding tert-OH is 1. The first-order valence-corrected chi connectivity index (χ1v) is 10.4. The molecule has 0 bridgehead atoms. The van der Waals surface area contributed by atoms with E-state index < -0.39 is 17.7 Å². The van der Waals surface area contributed by atoms with Crippen molar-refractivity contribution in [2.75, 3.05) is 12.0 Å². The van der Waals surface area contributed by atoms with Crippen molar-refractivity contribution in [3.63, 3.8) is 0 Å². The maximum Gasteiger partial charge on any atom is 0.300 e. The number of aliphatic hydroxyl groups is 1. The number of amides is 1. The summed E-state index contributed by atoms with van der Waals surface area (Å²) < 4.78 is 5.31. The number of benzene rings is 3. The topological polar surface area (TPSA) is 66.8 Å². The Labute approximate surface area is 187 Å². The number of para-hydroxylation sites is 1. The van der Waals surface area contributed by atoms with E-state index in [-0.39, 0.29) is 11.3 Å². The van der Waals surface area contributed by atoms with Crippen LogP contribution in [0.4, 0.5) is 5.69 Å². The fraction of sp³-hybridized carbons (Fsp3) is 0.185. The van der Waals surface area contributed by atoms with E-state index in [0.29, 0.717) is 17.0 Å². The minimum absolute atomic E-state index is 0.0807. The maximum atomic E-state index is 13.3. The summed E-state index contributed by atoms with van der Waals surface area (Å²) in [6, 6.07) is 19.5. The van der Waals surface area contributed by atoms with Crippen LogP contribution < -0.4 is 9.64 Å². The first kappa shape index (κ1) is 21.4. The fourth-order valence-electron chi connectivity index (χ4n) is 4.28. The number of hydrogen-bond donors (Lipinski definition) is 1. The second-order valence-corrected chi connectivity index (χ2v) is 8.00. The van der Waals surface area contributed by atoms with Crippen molar-refractivity contribution in [3.05, 3.63) is 100 Å². The SMILES string of the molecule is COc1ccc(/C(O)=C2\C(=O)C(=O)N(c3ccccc3C)C2c2ccccc2C)cc1C. The van der Waals surface area contributed by atoms with Crippen molar-refractivity contribution in [1.82, 2.24) is 0 Å². The molecule has 162 valence electrons. The van der Waals surface area contributed by atoms with Crippen molar-refractivity contribution in [3.8, 4) is 5.75 Å². The molecule has 5 nitrogen and oxygen atoms in total. The average molecular weight is 428 g/mol. The molecule has 1 atom stereocenters. The molecule has 5 heteroatoms. The second kappa shape index (κ2) is 8.35. The van der Waals surface area contributed by atoms with Gasteiger partial charge in [0, 0.05) is 11.3 Å². The molecule has 1 amide bonds. The van der Waals surface area contributed by atoms with Gasteiger partial charge in [-0.15, -0.1) is 0 Å². The molecule has 1 aliphatic rings. The Hall–Kier alpha value is -3.86. The molecule has 1 fully saturated rings. The van der Waals surface area contributed by atoms with Crippen LogP contribution in [0, 0.1) is 20.8 Å². The Morgan fingerprint density at radius 2 is 1.53 bits per heavy atom. The number of methoxy groups -OCH3 is 1. The molecule has 0 saturated carbocycles. The molecule has 0 spiro atoms. The standard InChI is InChI=1S/C27H25NO4/c1-16-9-5-7-11-20(16)24-23(25(29)19-13-14-22(32-4)18(3)15-19)26(30)27(31)28(24)21-12-8-6-10-17(21)2/h5-15,24,29H,1-4H3/b25-23+. The van der Waals surface area contributed by atoms with Crippen LogP contribution in [0.15, 0.2) is 72.3 Å². The molecule has 1 N–H and O–H groups in total. The van der Waals surface area contributed by atoms with Crippen LogP contribution in [0.5, 0.6) is 5.75 Å². The van der Waals surface area contributed by atoms with E-state index in [1.54, 1.807) is 25.3 Å². The summed E-state index contributed by atoms with van der Waals surface area (Å²) in [4.78, 5) is 28.1. The highest BCUT2D eigenvalue weighted by Crippen LogP contribution is 2.44. The number of ether oxygens (including phenoxy) is 1. The van der Waals surface area contributed by atoms with Crippen molar-refractivity contribution in [1.29, 1.82) is 0 Å². The molecule has 4 rings (SSSR count). The number of carbonyl (C=O) groups excluding carboxylic acids is 2. The molecule has 32 heavy (non-hydrogen) atoms. The quantitative estimate of drug-likeness (QED) is 0.351. The molecule has 1 saturated heterocycles. The molecule has 0 radical (unpaired) electrons. The van der Waals surface area contributed by atoms with Gasteiger partial charge >= 0.3 is 0 Å². The lowest BCUT2D eigenvalue weighted by molar-refractivity contribution is -0.132. The van der Waals surface area contributed by atoms with Gasteiger partial charge in [0.15, 0.2) is 0 Å². The first-order chi connectivity index (χ1) is 15.3. The van der Waals surface area contributed by atoms with Crippen LogP contribution in [-0.2, 0) is 9.59 Å². The molecule has 1 heterocycles. The van der Waals surface area contributed by atoms with Crippen LogP contribution >= 0.6 is 0 Å². The van der Waals surface area contributed by atoms with E-state index in [9.17, 15) is 14.7 Å². The normalized spacial score (nSPS) is 17.6. The van der Waals surface area contributed by atoms with Crippen molar-refractivity contribution in [2.45, 2.75) is 26.8 Å². The van der Waals surface area contributed by atoms with E-state index in [4.69, 9.17) is 4.74 Å². The van der Waals surface area contributed by atoms with Gasteiger partial charge in [-0.2, -0.15) is 0 Å². The summed E-state index contributed by atoms with van der Waals surface area (Å²) >= 11 is 0. The number of aryl methyl sites for hydroxylation is 3. The maximum absolute atomic E-state index is 13.3. The van der Waals surface area contributed by atoms with E-state index in [0.717, 1.165) is 22.3 Å². The Kier molecular flexibility index (Phi) is 5.57. The van der Waals surface area contributed by atoms with Crippen LogP contribution in [0.25, 0.3) is 5.76 Å². The summed E-state index contributed by atoms with van der Waals surface area (Å²) in [5, 5.41) is 11.3. The molecule has 0 aromatic heterocycles. The van der Waals surface area contributed by atoms with Crippen LogP contribution in [-0.4, -0.2) is 23.9 Å². The minimum Gasteiger partial charge on any atom is -0.507 e. The van der Waals surface area contributed by atoms with E-state index in [1.807, 2.05) is 69.3 Å². The highest BCUT2D eigenvalue weighted by atomic mass is 16.5. The van der Waals surface area contributed by atoms with Gasteiger partial charge in [-0.25, -0.2) is 0 Å². The van der Waals surface area contributed by atoms with E-state index in [1.165, 1.54) is 4.90 Å². The molecular weight excluding hydrogens is 402 g/mol. The van der Waals surface area contributed by atoms with Crippen LogP contribution in [0.2, 0.25) is 0 Å². The zero-order valence-electron chi connectivity index (χ0n) is 18.5. The molecule has 1 aliphatic heterocycles. The number of rotatable bonds is 4. The Morgan fingerprint density at radius 1 is 0.875 bits per heavy atom. The lowest BCUT2D eigenvalue weighted by Crippen LogP contribution is -2.30. The van der Waals surface area contributed by atoms with Gasteiger partial charge in [-0.05, 0) is 67.3 Å². The zero-order valence-corrected chi connectivity index (χ0v) is 18.5. The highest BCUT2D eigenvalue weighted by Gasteiger charge is 2.47. The predicted octanol–water partition coefficient (Wildman–Crippen LogP) is 5.25. The highest BCUT2D eigenvalue weighted by molar-refractivity contribution is 6.51. The summed E-state index contributed by atoms with van der Waals surface area (Å²) in [6.45, 7) is 5.70. The second-order valence-electron chi connectivity index (χ2n) is 8.00. The van der Waals surface area contributed by atoms with Gasteiger partial charge in [0.05, 0.1) is 18.7 Å². The molecule has 3 aromatic carbocycles. The number of nitrogens with zero attached hydrogens (tertiary/aromatic N) is 1. The predicted molar refractivity (Wildman–Crippen MR) is 125 cm³/mol. The Balaban J connectivity index is 1.98. The largest absolute Gasteiger partial charge is 0.507 e. The van der Waals surface area contributed by atoms with Gasteiger partial charge in [-0.1, -0.05) is 42.5 Å². The minimum atomic E-state index is -0.736. The number of carbonyl (C=O) groups is 2. The molecule has 0 aliphatic carbocycles. The van der Waals surface area contributed by atoms with Crippen molar-refractivity contribution in [2.24, 2.45) is 0 Å². The summed E-state index contributed by atoms with van der Waals surface area (Å²) in [5.41, 5.74) is 4.59. The third-order valence-electron chi connectivity index (χ3n) is 5.97. The molecule has 3 aromatic rings. The third kappa shape index (κ3) is 3.46. The van der Waals surface area contributed by atoms with Gasteiger partial charge in [0.25, 0.3) is 11.7 Å². The summed E-state index contributed by atoms with van der Waals surface area (Å²) in [5.74, 6) is -0.873. The lowest BCUT2D eigenvalue weighted by Gasteiger charge is -2.27. The van der Waals surface area contributed by atoms with Crippen molar-refractivity contribution >= 4 is 23.1 Å². The zero-order chi connectivity index (χ0) is 23.0. The van der Waals surface area contributed by atoms with E-state index >= 15 is 0 Å². The number of anilines is 1. The van der Waals surface area contributed by atoms with Crippen LogP contribution in [0.3, 0.4) is 0 Å². The summed E-state index contributed by atoms with van der Waals surface area (Å²) in [6.07, 6.45) is 0. The monoisotopic (exact) mass is 427 g/mol. The number of ketones is 1. The lowest BCUT2D eigenvalue weighted by atomic mass is 9.92. The Bertz CT molecular complexity index is 1260. The van der Waals surface area contributed by atoms with Gasteiger partial charge < -0.3 is 9.84 Å². The van der Waals surface area contributed by atoms with Gasteiger partial charge in [-0.3, -0.25) is 14.5 Å².